The summed E-state index contributed by atoms with van der Waals surface area (Å²) in [6.07, 6.45) is 0. The fourth-order valence-corrected chi connectivity index (χ4v) is 4.15. The number of hydrogen-bond donors (Lipinski definition) is 0. The monoisotopic (exact) mass is 206 g/mol. The van der Waals surface area contributed by atoms with Crippen LogP contribution in [0.25, 0.3) is 0 Å². The number of aromatic nitrogens is 2. The fourth-order valence-electron chi connectivity index (χ4n) is 1.13. The van der Waals surface area contributed by atoms with Gasteiger partial charge in [0.1, 0.15) is 0 Å². The van der Waals surface area contributed by atoms with Gasteiger partial charge in [0.2, 0.25) is 0 Å². The zero-order chi connectivity index (χ0) is 8.97. The van der Waals surface area contributed by atoms with Crippen LogP contribution in [0.3, 0.4) is 0 Å². The maximum absolute atomic E-state index is 4.55. The first-order valence-corrected chi connectivity index (χ1v) is 11.0. The van der Waals surface area contributed by atoms with Gasteiger partial charge in [-0.05, 0) is 9.11 Å². The molecule has 12 heavy (non-hydrogen) atoms. The maximum atomic E-state index is 4.55. The molecule has 0 saturated heterocycles. The minimum atomic E-state index is -0.148. The molecule has 1 aromatic rings. The first kappa shape index (κ1) is 10.8. The summed E-state index contributed by atoms with van der Waals surface area (Å²) in [4.78, 5) is 9.11. The highest BCUT2D eigenvalue weighted by molar-refractivity contribution is 6.57. The topological polar surface area (TPSA) is 25.8 Å². The molecule has 0 amide bonds. The average Bonchev–Trinajstić information content (AvgIpc) is 2.16. The smallest absolute Gasteiger partial charge is 0.277 e. The molecule has 0 bridgehead atoms. The van der Waals surface area contributed by atoms with Crippen molar-refractivity contribution in [3.8, 4) is 0 Å². The lowest BCUT2D eigenvalue weighted by Crippen LogP contribution is -2.38. The Labute approximate surface area is 92.3 Å². The first-order chi connectivity index (χ1) is 5.80. The average molecular weight is 206 g/mol. The highest BCUT2D eigenvalue weighted by Gasteiger charge is 2.02. The molecular weight excluding hydrogens is 193 g/mol. The van der Waals surface area contributed by atoms with Crippen molar-refractivity contribution >= 4 is 59.5 Å². The summed E-state index contributed by atoms with van der Waals surface area (Å²) >= 11 is -0.302. The third kappa shape index (κ3) is 2.87. The molecule has 1 aromatic heterocycles. The van der Waals surface area contributed by atoms with Crippen molar-refractivity contribution in [2.45, 2.75) is 17.4 Å². The molecule has 0 aliphatic carbocycles. The minimum absolute atomic E-state index is 0.0768. The van der Waals surface area contributed by atoms with Gasteiger partial charge in [0.15, 0.2) is 0 Å². The van der Waals surface area contributed by atoms with Crippen LogP contribution in [0.15, 0.2) is 6.07 Å². The Kier molecular flexibility index (Phi) is 4.86. The molecular formula is C7H13Al3N2. The van der Waals surface area contributed by atoms with E-state index < -0.39 is 0 Å². The molecule has 0 aliphatic rings. The molecule has 60 valence electrons. The maximum Gasteiger partial charge on any atom is 0.341 e. The standard InChI is InChI=1S/C4HN2.3CH3.3Al.3H/c1-2-5-4-6-3-1;;;;;;;;;/h1H;3*1H3;;;;;;. The molecule has 0 aliphatic heterocycles. The van der Waals surface area contributed by atoms with E-state index in [-0.39, 0.29) is 45.7 Å². The second kappa shape index (κ2) is 5.42. The predicted octanol–water partition coefficient (Wildman–Crippen LogP) is -2.19. The highest BCUT2D eigenvalue weighted by atomic mass is 27.1. The molecule has 0 aromatic carbocycles. The minimum Gasteiger partial charge on any atom is -0.277 e. The van der Waals surface area contributed by atoms with Crippen LogP contribution in [-0.2, 0) is 0 Å². The van der Waals surface area contributed by atoms with Gasteiger partial charge < -0.3 is 0 Å². The molecule has 0 saturated carbocycles. The van der Waals surface area contributed by atoms with Crippen LogP contribution in [0.4, 0.5) is 0 Å². The Morgan fingerprint density at radius 2 is 1.42 bits per heavy atom. The molecule has 1 rings (SSSR count). The molecule has 0 radical (unpaired) electrons. The Hall–Kier alpha value is 0.677. The van der Waals surface area contributed by atoms with Gasteiger partial charge in [0.25, 0.3) is 0 Å². The van der Waals surface area contributed by atoms with Crippen molar-refractivity contribution in [2.24, 2.45) is 0 Å². The van der Waals surface area contributed by atoms with Gasteiger partial charge in [-0.1, -0.05) is 6.07 Å². The second-order valence-corrected chi connectivity index (χ2v) is 7.03. The molecule has 5 heteroatoms. The SMILES string of the molecule is [CH3][AlH][c]1c[c]([AlH][CH3])n[c]([AlH][CH3])n1. The van der Waals surface area contributed by atoms with Crippen LogP contribution in [0.5, 0.6) is 0 Å². The normalized spacial score (nSPS) is 9.25. The second-order valence-electron chi connectivity index (χ2n) is 2.83. The largest absolute Gasteiger partial charge is 0.341 e. The van der Waals surface area contributed by atoms with Crippen molar-refractivity contribution in [3.63, 3.8) is 0 Å². The summed E-state index contributed by atoms with van der Waals surface area (Å²) in [7, 11) is 0. The molecule has 0 fully saturated rings. The van der Waals surface area contributed by atoms with Crippen LogP contribution in [-0.4, -0.2) is 55.6 Å². The van der Waals surface area contributed by atoms with E-state index in [1.807, 2.05) is 0 Å². The lowest BCUT2D eigenvalue weighted by molar-refractivity contribution is 1.30. The van der Waals surface area contributed by atoms with Crippen molar-refractivity contribution in [1.29, 1.82) is 0 Å². The van der Waals surface area contributed by atoms with Crippen LogP contribution in [0, 0.1) is 0 Å². The molecule has 1 heterocycles. The van der Waals surface area contributed by atoms with Crippen molar-refractivity contribution in [3.05, 3.63) is 6.07 Å². The van der Waals surface area contributed by atoms with E-state index in [9.17, 15) is 0 Å². The molecule has 0 spiro atoms. The van der Waals surface area contributed by atoms with Crippen molar-refractivity contribution in [2.75, 3.05) is 0 Å². The summed E-state index contributed by atoms with van der Waals surface area (Å²) in [6, 6.07) is 2.24. The van der Waals surface area contributed by atoms with Gasteiger partial charge in [0.05, 0.1) is 0 Å². The quantitative estimate of drug-likeness (QED) is 0.525. The Bertz CT molecular complexity index is 210. The number of nitrogens with zero attached hydrogens (tertiary/aromatic N) is 2. The summed E-state index contributed by atoms with van der Waals surface area (Å²) in [5.74, 6) is 6.85. The fraction of sp³-hybridized carbons (Fsp3) is 0.429. The summed E-state index contributed by atoms with van der Waals surface area (Å²) in [6.45, 7) is 0. The summed E-state index contributed by atoms with van der Waals surface area (Å²) < 4.78 is 3.93. The van der Waals surface area contributed by atoms with E-state index in [4.69, 9.17) is 0 Å². The third-order valence-electron chi connectivity index (χ3n) is 1.92. The van der Waals surface area contributed by atoms with E-state index in [1.54, 1.807) is 0 Å². The van der Waals surface area contributed by atoms with Gasteiger partial charge in [0, 0.05) is 4.69 Å². The van der Waals surface area contributed by atoms with Gasteiger partial charge in [-0.2, -0.15) is 0 Å². The zero-order valence-electron chi connectivity index (χ0n) is 8.09. The molecule has 0 N–H and O–H groups in total. The van der Waals surface area contributed by atoms with E-state index in [0.717, 1.165) is 0 Å². The number of rotatable bonds is 3. The van der Waals surface area contributed by atoms with E-state index in [1.165, 1.54) is 13.8 Å². The lowest BCUT2D eigenvalue weighted by Gasteiger charge is -2.02. The molecule has 0 atom stereocenters. The van der Waals surface area contributed by atoms with Crippen LogP contribution in [0.2, 0.25) is 17.4 Å². The van der Waals surface area contributed by atoms with Gasteiger partial charge in [-0.3, -0.25) is 9.97 Å². The zero-order valence-corrected chi connectivity index (χ0v) is 12.3. The predicted molar refractivity (Wildman–Crippen MR) is 60.0 cm³/mol. The molecule has 2 nitrogen and oxygen atoms in total. The highest BCUT2D eigenvalue weighted by Crippen LogP contribution is 1.68. The summed E-state index contributed by atoms with van der Waals surface area (Å²) in [5, 5.41) is 0. The van der Waals surface area contributed by atoms with Gasteiger partial charge in [-0.25, -0.2) is 0 Å². The van der Waals surface area contributed by atoms with E-state index in [2.05, 4.69) is 33.4 Å². The van der Waals surface area contributed by atoms with Crippen molar-refractivity contribution < 1.29 is 0 Å². The lowest BCUT2D eigenvalue weighted by atomic mass is 10.7. The first-order valence-electron chi connectivity index (χ1n) is 4.65. The van der Waals surface area contributed by atoms with E-state index in [0.29, 0.717) is 0 Å². The Balaban J connectivity index is 3.01. The van der Waals surface area contributed by atoms with Gasteiger partial charge >= 0.3 is 45.7 Å². The van der Waals surface area contributed by atoms with Crippen LogP contribution >= 0.6 is 0 Å². The van der Waals surface area contributed by atoms with Crippen LogP contribution < -0.4 is 13.8 Å². The molecule has 0 unspecified atom stereocenters. The number of hydrogen-bond acceptors (Lipinski definition) is 2. The van der Waals surface area contributed by atoms with E-state index >= 15 is 0 Å². The van der Waals surface area contributed by atoms with Crippen molar-refractivity contribution in [1.82, 2.24) is 9.97 Å². The van der Waals surface area contributed by atoms with Crippen LogP contribution in [0.1, 0.15) is 0 Å². The van der Waals surface area contributed by atoms with Gasteiger partial charge in [-0.15, -0.1) is 17.4 Å². The Morgan fingerprint density at radius 3 is 1.75 bits per heavy atom. The Morgan fingerprint density at radius 1 is 0.917 bits per heavy atom. The third-order valence-corrected chi connectivity index (χ3v) is 5.04. The summed E-state index contributed by atoms with van der Waals surface area (Å²) in [5.41, 5.74) is 0.